The summed E-state index contributed by atoms with van der Waals surface area (Å²) in [7, 11) is 0. The van der Waals surface area contributed by atoms with Crippen LogP contribution in [0, 0.1) is 5.92 Å². The van der Waals surface area contributed by atoms with Gasteiger partial charge in [-0.25, -0.2) is 14.6 Å². The molecule has 8 nitrogen and oxygen atoms in total. The molecule has 0 radical (unpaired) electrons. The fraction of sp³-hybridized carbons (Fsp3) is 0.250. The lowest BCUT2D eigenvalue weighted by Gasteiger charge is -2.14. The van der Waals surface area contributed by atoms with E-state index < -0.39 is 24.0 Å². The molecule has 3 N–H and O–H groups in total. The number of amides is 2. The highest BCUT2D eigenvalue weighted by Crippen LogP contribution is 2.44. The van der Waals surface area contributed by atoms with Crippen LogP contribution in [-0.2, 0) is 9.53 Å². The number of hydrogen-bond donors (Lipinski definition) is 3. The average Bonchev–Trinajstić information content (AvgIpc) is 3.46. The van der Waals surface area contributed by atoms with Gasteiger partial charge in [0.05, 0.1) is 6.20 Å². The highest BCUT2D eigenvalue weighted by atomic mass is 32.1. The maximum absolute atomic E-state index is 12.4. The predicted molar refractivity (Wildman–Crippen MR) is 122 cm³/mol. The second-order valence-electron chi connectivity index (χ2n) is 8.11. The van der Waals surface area contributed by atoms with Crippen molar-refractivity contribution >= 4 is 34.4 Å². The number of benzene rings is 2. The van der Waals surface area contributed by atoms with E-state index in [1.807, 2.05) is 36.4 Å². The van der Waals surface area contributed by atoms with Crippen molar-refractivity contribution in [2.45, 2.75) is 24.8 Å². The van der Waals surface area contributed by atoms with Crippen molar-refractivity contribution in [2.75, 3.05) is 11.9 Å². The number of carbonyl (C=O) groups excluding carboxylic acids is 2. The van der Waals surface area contributed by atoms with Crippen LogP contribution in [0.1, 0.15) is 39.6 Å². The Morgan fingerprint density at radius 2 is 1.70 bits per heavy atom. The van der Waals surface area contributed by atoms with Gasteiger partial charge in [0.1, 0.15) is 17.5 Å². The van der Waals surface area contributed by atoms with Gasteiger partial charge in [-0.1, -0.05) is 59.9 Å². The van der Waals surface area contributed by atoms with Crippen molar-refractivity contribution in [1.29, 1.82) is 0 Å². The van der Waals surface area contributed by atoms with Gasteiger partial charge in [0.2, 0.25) is 0 Å². The molecule has 1 unspecified atom stereocenters. The summed E-state index contributed by atoms with van der Waals surface area (Å²) in [5, 5.41) is 14.6. The van der Waals surface area contributed by atoms with E-state index in [9.17, 15) is 19.5 Å². The van der Waals surface area contributed by atoms with Gasteiger partial charge < -0.3 is 15.2 Å². The number of ether oxygens (including phenoxy) is 1. The molecule has 168 valence electrons. The third-order valence-electron chi connectivity index (χ3n) is 5.93. The molecule has 1 atom stereocenters. The first-order valence-corrected chi connectivity index (χ1v) is 11.4. The van der Waals surface area contributed by atoms with Crippen LogP contribution in [0.15, 0.2) is 54.7 Å². The Hall–Kier alpha value is -3.72. The Morgan fingerprint density at radius 3 is 2.30 bits per heavy atom. The van der Waals surface area contributed by atoms with E-state index in [2.05, 4.69) is 27.8 Å². The van der Waals surface area contributed by atoms with Crippen LogP contribution in [0.2, 0.25) is 0 Å². The van der Waals surface area contributed by atoms with Crippen LogP contribution in [0.4, 0.5) is 9.93 Å². The van der Waals surface area contributed by atoms with Crippen LogP contribution < -0.4 is 10.6 Å². The molecule has 1 aromatic heterocycles. The summed E-state index contributed by atoms with van der Waals surface area (Å²) in [5.74, 6) is -1.66. The molecular formula is C24H21N3O5S. The van der Waals surface area contributed by atoms with Gasteiger partial charge in [-0.3, -0.25) is 10.1 Å². The summed E-state index contributed by atoms with van der Waals surface area (Å²) in [6.45, 7) is 0.167. The smallest absolute Gasteiger partial charge is 0.413 e. The lowest BCUT2D eigenvalue weighted by atomic mass is 9.98. The Balaban J connectivity index is 1.20. The zero-order chi connectivity index (χ0) is 22.9. The summed E-state index contributed by atoms with van der Waals surface area (Å²) >= 11 is 0.962. The van der Waals surface area contributed by atoms with Gasteiger partial charge in [-0.05, 0) is 41.0 Å². The zero-order valence-corrected chi connectivity index (χ0v) is 18.3. The van der Waals surface area contributed by atoms with E-state index in [4.69, 9.17) is 4.74 Å². The fourth-order valence-corrected chi connectivity index (χ4v) is 4.89. The van der Waals surface area contributed by atoms with E-state index >= 15 is 0 Å². The number of carboxylic acid groups (broad SMARTS) is 1. The number of carbonyl (C=O) groups is 3. The first-order chi connectivity index (χ1) is 16.0. The summed E-state index contributed by atoms with van der Waals surface area (Å²) in [6, 6.07) is 15.2. The number of fused-ring (bicyclic) bond motifs is 3. The van der Waals surface area contributed by atoms with Crippen molar-refractivity contribution in [1.82, 2.24) is 10.3 Å². The molecule has 1 fully saturated rings. The number of anilines is 1. The summed E-state index contributed by atoms with van der Waals surface area (Å²) in [4.78, 5) is 40.4. The molecule has 9 heteroatoms. The van der Waals surface area contributed by atoms with Crippen LogP contribution >= 0.6 is 11.3 Å². The van der Waals surface area contributed by atoms with E-state index in [1.165, 1.54) is 6.20 Å². The maximum Gasteiger partial charge on any atom is 0.413 e. The maximum atomic E-state index is 12.4. The van der Waals surface area contributed by atoms with E-state index in [1.54, 1.807) is 0 Å². The molecule has 0 bridgehead atoms. The molecule has 2 aliphatic rings. The minimum atomic E-state index is -1.05. The molecule has 2 aliphatic carbocycles. The fourth-order valence-electron chi connectivity index (χ4n) is 4.18. The van der Waals surface area contributed by atoms with Crippen molar-refractivity contribution in [3.05, 3.63) is 70.7 Å². The summed E-state index contributed by atoms with van der Waals surface area (Å²) in [5.41, 5.74) is 4.51. The molecule has 1 saturated carbocycles. The summed E-state index contributed by atoms with van der Waals surface area (Å²) in [6.07, 6.45) is 2.22. The topological polar surface area (TPSA) is 118 Å². The van der Waals surface area contributed by atoms with Crippen molar-refractivity contribution < 1.29 is 24.2 Å². The van der Waals surface area contributed by atoms with Gasteiger partial charge in [0, 0.05) is 5.92 Å². The highest BCUT2D eigenvalue weighted by molar-refractivity contribution is 7.17. The van der Waals surface area contributed by atoms with Gasteiger partial charge in [-0.2, -0.15) is 0 Å². The third-order valence-corrected chi connectivity index (χ3v) is 6.84. The number of aromatic nitrogens is 1. The average molecular weight is 464 g/mol. The number of nitrogens with one attached hydrogen (secondary N) is 2. The largest absolute Gasteiger partial charge is 0.480 e. The lowest BCUT2D eigenvalue weighted by Crippen LogP contribution is -2.42. The molecule has 33 heavy (non-hydrogen) atoms. The minimum absolute atomic E-state index is 0.0298. The molecular weight excluding hydrogens is 442 g/mol. The van der Waals surface area contributed by atoms with E-state index in [0.717, 1.165) is 46.4 Å². The molecule has 5 rings (SSSR count). The predicted octanol–water partition coefficient (Wildman–Crippen LogP) is 4.10. The number of nitrogens with zero attached hydrogens (tertiary/aromatic N) is 1. The lowest BCUT2D eigenvalue weighted by molar-refractivity contribution is -0.139. The van der Waals surface area contributed by atoms with E-state index in [0.29, 0.717) is 0 Å². The van der Waals surface area contributed by atoms with Crippen molar-refractivity contribution in [3.8, 4) is 11.1 Å². The quantitative estimate of drug-likeness (QED) is 0.486. The monoisotopic (exact) mass is 463 g/mol. The normalized spacial score (nSPS) is 15.3. The number of aliphatic carboxylic acids is 1. The minimum Gasteiger partial charge on any atom is -0.480 e. The van der Waals surface area contributed by atoms with Crippen LogP contribution in [0.5, 0.6) is 0 Å². The number of hydrogen-bond acceptors (Lipinski definition) is 6. The standard InChI is InChI=1S/C24H21N3O5S/c28-21(26-20(22(29)30)13-9-10-13)19-11-25-23(33-19)27-24(31)32-12-18-16-7-3-1-5-14(16)15-6-2-4-8-17(15)18/h1-8,11,13,18,20H,9-10,12H2,(H,26,28)(H,29,30)(H,25,27,31). The summed E-state index contributed by atoms with van der Waals surface area (Å²) < 4.78 is 5.49. The Kier molecular flexibility index (Phi) is 5.55. The zero-order valence-electron chi connectivity index (χ0n) is 17.5. The SMILES string of the molecule is O=C(Nc1ncc(C(=O)NC(C(=O)O)C2CC2)s1)OCC1c2ccccc2-c2ccccc21. The van der Waals surface area contributed by atoms with Crippen molar-refractivity contribution in [3.63, 3.8) is 0 Å². The molecule has 2 aromatic carbocycles. The Morgan fingerprint density at radius 1 is 1.06 bits per heavy atom. The molecule has 0 spiro atoms. The van der Waals surface area contributed by atoms with Gasteiger partial charge in [0.15, 0.2) is 5.13 Å². The van der Waals surface area contributed by atoms with Gasteiger partial charge in [0.25, 0.3) is 5.91 Å². The second-order valence-corrected chi connectivity index (χ2v) is 9.14. The number of rotatable bonds is 7. The molecule has 0 aliphatic heterocycles. The third kappa shape index (κ3) is 4.31. The van der Waals surface area contributed by atoms with Gasteiger partial charge in [-0.15, -0.1) is 0 Å². The van der Waals surface area contributed by atoms with Crippen LogP contribution in [0.25, 0.3) is 11.1 Å². The van der Waals surface area contributed by atoms with Crippen molar-refractivity contribution in [2.24, 2.45) is 5.92 Å². The molecule has 3 aromatic rings. The second kappa shape index (κ2) is 8.67. The first-order valence-electron chi connectivity index (χ1n) is 10.6. The first kappa shape index (κ1) is 21.1. The molecule has 1 heterocycles. The molecule has 2 amide bonds. The number of carboxylic acids is 1. The molecule has 0 saturated heterocycles. The Bertz CT molecular complexity index is 1190. The number of thiazole rings is 1. The van der Waals surface area contributed by atoms with E-state index in [-0.39, 0.29) is 28.5 Å². The highest BCUT2D eigenvalue weighted by Gasteiger charge is 2.37. The van der Waals surface area contributed by atoms with Crippen LogP contribution in [0.3, 0.4) is 0 Å². The Labute approximate surface area is 193 Å². The van der Waals surface area contributed by atoms with Crippen LogP contribution in [-0.4, -0.2) is 40.7 Å². The van der Waals surface area contributed by atoms with Gasteiger partial charge >= 0.3 is 12.1 Å².